The minimum atomic E-state index is -0.0876. The number of anilines is 2. The molecule has 16 heavy (non-hydrogen) atoms. The molecule has 2 aromatic heterocycles. The lowest BCUT2D eigenvalue weighted by Crippen LogP contribution is -2.05. The highest BCUT2D eigenvalue weighted by Crippen LogP contribution is 2.25. The molecule has 0 aromatic carbocycles. The molecule has 7 nitrogen and oxygen atoms in total. The molecule has 0 fully saturated rings. The molecule has 0 radical (unpaired) electrons. The number of imidazole rings is 1. The van der Waals surface area contributed by atoms with Gasteiger partial charge in [-0.15, -0.1) is 0 Å². The summed E-state index contributed by atoms with van der Waals surface area (Å²) in [7, 11) is 0. The Bertz CT molecular complexity index is 575. The molecule has 1 amide bonds. The van der Waals surface area contributed by atoms with Gasteiger partial charge in [-0.25, -0.2) is 15.0 Å². The number of nitrogens with two attached hydrogens (primary N) is 1. The summed E-state index contributed by atoms with van der Waals surface area (Å²) in [6.45, 7) is 0. The van der Waals surface area contributed by atoms with E-state index >= 15 is 0 Å². The third-order valence-corrected chi connectivity index (χ3v) is 2.42. The third kappa shape index (κ3) is 1.14. The Kier molecular flexibility index (Phi) is 1.67. The molecule has 3 heterocycles. The molecule has 1 aliphatic rings. The van der Waals surface area contributed by atoms with E-state index in [0.717, 1.165) is 5.56 Å². The maximum Gasteiger partial charge on any atom is 0.230 e. The van der Waals surface area contributed by atoms with Crippen LogP contribution in [0.3, 0.4) is 0 Å². The van der Waals surface area contributed by atoms with Gasteiger partial charge in [-0.1, -0.05) is 0 Å². The Morgan fingerprint density at radius 3 is 3.00 bits per heavy atom. The SMILES string of the molecule is Nc1nccn1-c1ncnc2c1CC(=O)N2. The summed E-state index contributed by atoms with van der Waals surface area (Å²) < 4.78 is 1.63. The molecule has 3 rings (SSSR count). The molecule has 0 unspecified atom stereocenters. The zero-order valence-electron chi connectivity index (χ0n) is 8.21. The number of nitrogen functional groups attached to an aromatic ring is 1. The molecular formula is C9H8N6O. The van der Waals surface area contributed by atoms with Gasteiger partial charge in [0.25, 0.3) is 0 Å². The number of aromatic nitrogens is 4. The Balaban J connectivity index is 2.21. The smallest absolute Gasteiger partial charge is 0.230 e. The number of nitrogens with zero attached hydrogens (tertiary/aromatic N) is 4. The van der Waals surface area contributed by atoms with Crippen molar-refractivity contribution in [2.75, 3.05) is 11.1 Å². The molecule has 0 atom stereocenters. The Labute approximate surface area is 90.3 Å². The molecule has 0 spiro atoms. The lowest BCUT2D eigenvalue weighted by molar-refractivity contribution is -0.115. The lowest BCUT2D eigenvalue weighted by Gasteiger charge is -2.06. The van der Waals surface area contributed by atoms with E-state index in [-0.39, 0.29) is 12.3 Å². The first-order valence-electron chi connectivity index (χ1n) is 4.68. The molecule has 0 saturated carbocycles. The van der Waals surface area contributed by atoms with Gasteiger partial charge in [-0.3, -0.25) is 9.36 Å². The topological polar surface area (TPSA) is 98.7 Å². The first kappa shape index (κ1) is 8.84. The maximum absolute atomic E-state index is 11.3. The highest BCUT2D eigenvalue weighted by atomic mass is 16.1. The van der Waals surface area contributed by atoms with Crippen molar-refractivity contribution in [3.63, 3.8) is 0 Å². The van der Waals surface area contributed by atoms with Crippen LogP contribution in [0.1, 0.15) is 5.56 Å². The lowest BCUT2D eigenvalue weighted by atomic mass is 10.2. The second kappa shape index (κ2) is 3.02. The molecule has 3 N–H and O–H groups in total. The van der Waals surface area contributed by atoms with Crippen molar-refractivity contribution in [1.29, 1.82) is 0 Å². The fourth-order valence-corrected chi connectivity index (χ4v) is 1.71. The van der Waals surface area contributed by atoms with Gasteiger partial charge in [0.05, 0.1) is 6.42 Å². The fourth-order valence-electron chi connectivity index (χ4n) is 1.71. The second-order valence-electron chi connectivity index (χ2n) is 3.40. The van der Waals surface area contributed by atoms with Gasteiger partial charge in [-0.2, -0.15) is 0 Å². The van der Waals surface area contributed by atoms with Crippen molar-refractivity contribution >= 4 is 17.7 Å². The maximum atomic E-state index is 11.3. The predicted molar refractivity (Wildman–Crippen MR) is 55.9 cm³/mol. The largest absolute Gasteiger partial charge is 0.369 e. The predicted octanol–water partition coefficient (Wildman–Crippen LogP) is -0.261. The van der Waals surface area contributed by atoms with Crippen LogP contribution in [-0.4, -0.2) is 25.4 Å². The van der Waals surface area contributed by atoms with Crippen LogP contribution in [0.4, 0.5) is 11.8 Å². The fraction of sp³-hybridized carbons (Fsp3) is 0.111. The monoisotopic (exact) mass is 216 g/mol. The first-order chi connectivity index (χ1) is 7.75. The highest BCUT2D eigenvalue weighted by Gasteiger charge is 2.24. The van der Waals surface area contributed by atoms with E-state index in [2.05, 4.69) is 20.3 Å². The van der Waals surface area contributed by atoms with Gasteiger partial charge in [0, 0.05) is 18.0 Å². The van der Waals surface area contributed by atoms with E-state index in [4.69, 9.17) is 5.73 Å². The minimum absolute atomic E-state index is 0.0876. The zero-order valence-corrected chi connectivity index (χ0v) is 8.21. The number of amides is 1. The van der Waals surface area contributed by atoms with Crippen LogP contribution in [0.2, 0.25) is 0 Å². The van der Waals surface area contributed by atoms with Gasteiger partial charge >= 0.3 is 0 Å². The Morgan fingerprint density at radius 2 is 2.25 bits per heavy atom. The van der Waals surface area contributed by atoms with Crippen LogP contribution in [0.25, 0.3) is 5.82 Å². The number of hydrogen-bond donors (Lipinski definition) is 2. The van der Waals surface area contributed by atoms with Crippen molar-refractivity contribution in [2.45, 2.75) is 6.42 Å². The van der Waals surface area contributed by atoms with Crippen molar-refractivity contribution in [3.8, 4) is 5.82 Å². The average molecular weight is 216 g/mol. The van der Waals surface area contributed by atoms with Gasteiger partial charge in [0.1, 0.15) is 18.0 Å². The summed E-state index contributed by atoms with van der Waals surface area (Å²) >= 11 is 0. The normalized spacial score (nSPS) is 13.6. The molecule has 80 valence electrons. The molecule has 7 heteroatoms. The molecular weight excluding hydrogens is 208 g/mol. The summed E-state index contributed by atoms with van der Waals surface area (Å²) in [5.74, 6) is 1.39. The summed E-state index contributed by atoms with van der Waals surface area (Å²) in [5.41, 5.74) is 6.43. The number of nitrogens with one attached hydrogen (secondary N) is 1. The standard InChI is InChI=1S/C9H8N6O/c10-9-11-1-2-15(9)8-5-3-6(16)14-7(5)12-4-13-8/h1-2,4H,3H2,(H2,10,11)(H,12,13,14,16). The van der Waals surface area contributed by atoms with Crippen LogP contribution in [-0.2, 0) is 11.2 Å². The van der Waals surface area contributed by atoms with Gasteiger partial charge in [0.15, 0.2) is 0 Å². The third-order valence-electron chi connectivity index (χ3n) is 2.42. The first-order valence-corrected chi connectivity index (χ1v) is 4.68. The van der Waals surface area contributed by atoms with E-state index in [1.807, 2.05) is 0 Å². The molecule has 1 aliphatic heterocycles. The van der Waals surface area contributed by atoms with E-state index < -0.39 is 0 Å². The number of rotatable bonds is 1. The molecule has 0 aliphatic carbocycles. The summed E-state index contributed by atoms with van der Waals surface area (Å²) in [5, 5.41) is 2.65. The van der Waals surface area contributed by atoms with E-state index in [9.17, 15) is 4.79 Å². The van der Waals surface area contributed by atoms with E-state index in [0.29, 0.717) is 17.6 Å². The molecule has 0 bridgehead atoms. The van der Waals surface area contributed by atoms with Crippen molar-refractivity contribution in [2.24, 2.45) is 0 Å². The van der Waals surface area contributed by atoms with Crippen LogP contribution >= 0.6 is 0 Å². The number of carbonyl (C=O) groups excluding carboxylic acids is 1. The molecule has 0 saturated heterocycles. The Hall–Kier alpha value is -2.44. The van der Waals surface area contributed by atoms with Crippen LogP contribution in [0.5, 0.6) is 0 Å². The molecule has 2 aromatic rings. The minimum Gasteiger partial charge on any atom is -0.369 e. The van der Waals surface area contributed by atoms with Crippen molar-refractivity contribution in [1.82, 2.24) is 19.5 Å². The summed E-state index contributed by atoms with van der Waals surface area (Å²) in [4.78, 5) is 23.3. The van der Waals surface area contributed by atoms with Crippen molar-refractivity contribution in [3.05, 3.63) is 24.3 Å². The van der Waals surface area contributed by atoms with Gasteiger partial charge < -0.3 is 11.1 Å². The van der Waals surface area contributed by atoms with Crippen LogP contribution in [0.15, 0.2) is 18.7 Å². The Morgan fingerprint density at radius 1 is 1.38 bits per heavy atom. The summed E-state index contributed by atoms with van der Waals surface area (Å²) in [6.07, 6.45) is 4.93. The van der Waals surface area contributed by atoms with Gasteiger partial charge in [-0.05, 0) is 0 Å². The summed E-state index contributed by atoms with van der Waals surface area (Å²) in [6, 6.07) is 0. The number of fused-ring (bicyclic) bond motifs is 1. The van der Waals surface area contributed by atoms with E-state index in [1.165, 1.54) is 6.33 Å². The number of hydrogen-bond acceptors (Lipinski definition) is 5. The van der Waals surface area contributed by atoms with Gasteiger partial charge in [0.2, 0.25) is 11.9 Å². The van der Waals surface area contributed by atoms with E-state index in [1.54, 1.807) is 17.0 Å². The second-order valence-corrected chi connectivity index (χ2v) is 3.40. The van der Waals surface area contributed by atoms with Crippen LogP contribution < -0.4 is 11.1 Å². The van der Waals surface area contributed by atoms with Crippen LogP contribution in [0, 0.1) is 0 Å². The highest BCUT2D eigenvalue weighted by molar-refractivity contribution is 5.98. The quantitative estimate of drug-likeness (QED) is 0.684. The average Bonchev–Trinajstić information content (AvgIpc) is 2.82. The van der Waals surface area contributed by atoms with Crippen molar-refractivity contribution < 1.29 is 4.79 Å². The number of carbonyl (C=O) groups is 1. The zero-order chi connectivity index (χ0) is 11.1.